The minimum absolute atomic E-state index is 0.538. The molecular formula is C12H14N2O. The van der Waals surface area contributed by atoms with Crippen LogP contribution in [-0.4, -0.2) is 12.1 Å². The fourth-order valence-corrected chi connectivity index (χ4v) is 1.51. The summed E-state index contributed by atoms with van der Waals surface area (Å²) in [4.78, 5) is 3.13. The number of aromatic nitrogens is 1. The quantitative estimate of drug-likeness (QED) is 0.801. The molecule has 3 heteroatoms. The predicted molar refractivity (Wildman–Crippen MR) is 60.7 cm³/mol. The van der Waals surface area contributed by atoms with Crippen molar-refractivity contribution in [1.29, 1.82) is 0 Å². The molecule has 0 radical (unpaired) electrons. The highest BCUT2D eigenvalue weighted by Crippen LogP contribution is 2.22. The molecule has 0 aliphatic heterocycles. The second-order valence-electron chi connectivity index (χ2n) is 3.35. The van der Waals surface area contributed by atoms with E-state index in [1.807, 2.05) is 30.5 Å². The highest BCUT2D eigenvalue weighted by molar-refractivity contribution is 5.64. The molecule has 0 fully saturated rings. The monoisotopic (exact) mass is 202 g/mol. The number of ether oxygens (including phenoxy) is 1. The molecule has 0 atom stereocenters. The van der Waals surface area contributed by atoms with Gasteiger partial charge >= 0.3 is 0 Å². The lowest BCUT2D eigenvalue weighted by atomic mass is 10.1. The van der Waals surface area contributed by atoms with Crippen molar-refractivity contribution in [3.05, 3.63) is 42.2 Å². The molecule has 78 valence electrons. The number of hydrogen-bond acceptors (Lipinski definition) is 2. The molecule has 0 spiro atoms. The number of nitrogens with two attached hydrogens (primary N) is 1. The average Bonchev–Trinajstić information content (AvgIpc) is 2.78. The third kappa shape index (κ3) is 2.02. The first-order valence-corrected chi connectivity index (χ1v) is 4.85. The van der Waals surface area contributed by atoms with Crippen molar-refractivity contribution >= 4 is 0 Å². The molecule has 3 N–H and O–H groups in total. The average molecular weight is 202 g/mol. The minimum atomic E-state index is 0.538. The number of nitrogens with one attached hydrogen (secondary N) is 1. The highest BCUT2D eigenvalue weighted by Gasteiger charge is 2.00. The topological polar surface area (TPSA) is 51.0 Å². The van der Waals surface area contributed by atoms with Gasteiger partial charge in [-0.25, -0.2) is 0 Å². The Morgan fingerprint density at radius 1 is 1.20 bits per heavy atom. The van der Waals surface area contributed by atoms with Crippen molar-refractivity contribution < 1.29 is 4.74 Å². The first kappa shape index (κ1) is 9.80. The summed E-state index contributed by atoms with van der Waals surface area (Å²) in [6.45, 7) is 0.538. The van der Waals surface area contributed by atoms with Crippen LogP contribution in [0.3, 0.4) is 0 Å². The second kappa shape index (κ2) is 4.19. The van der Waals surface area contributed by atoms with Crippen LogP contribution in [0.5, 0.6) is 5.75 Å². The maximum atomic E-state index is 5.54. The van der Waals surface area contributed by atoms with E-state index in [9.17, 15) is 0 Å². The molecule has 0 amide bonds. The summed E-state index contributed by atoms with van der Waals surface area (Å²) in [5, 5.41) is 0. The first-order valence-electron chi connectivity index (χ1n) is 4.85. The Kier molecular flexibility index (Phi) is 2.74. The van der Waals surface area contributed by atoms with Gasteiger partial charge in [0.2, 0.25) is 0 Å². The van der Waals surface area contributed by atoms with Gasteiger partial charge in [-0.1, -0.05) is 12.1 Å². The summed E-state index contributed by atoms with van der Waals surface area (Å²) in [6, 6.07) is 10.0. The lowest BCUT2D eigenvalue weighted by molar-refractivity contribution is 0.415. The predicted octanol–water partition coefficient (Wildman–Crippen LogP) is 2.15. The van der Waals surface area contributed by atoms with E-state index in [-0.39, 0.29) is 0 Å². The zero-order valence-electron chi connectivity index (χ0n) is 8.66. The Morgan fingerprint density at radius 2 is 1.93 bits per heavy atom. The van der Waals surface area contributed by atoms with Gasteiger partial charge in [0, 0.05) is 18.4 Å². The summed E-state index contributed by atoms with van der Waals surface area (Å²) in [5.41, 5.74) is 8.89. The van der Waals surface area contributed by atoms with Crippen molar-refractivity contribution in [3.8, 4) is 16.9 Å². The Hall–Kier alpha value is -1.74. The van der Waals surface area contributed by atoms with E-state index in [4.69, 9.17) is 10.5 Å². The highest BCUT2D eigenvalue weighted by atomic mass is 16.5. The zero-order valence-corrected chi connectivity index (χ0v) is 8.66. The lowest BCUT2D eigenvalue weighted by Gasteiger charge is -2.00. The number of rotatable bonds is 3. The van der Waals surface area contributed by atoms with Crippen LogP contribution in [0.25, 0.3) is 11.1 Å². The van der Waals surface area contributed by atoms with Crippen LogP contribution in [0.1, 0.15) is 5.69 Å². The van der Waals surface area contributed by atoms with Gasteiger partial charge in [0.05, 0.1) is 7.11 Å². The molecule has 1 aromatic carbocycles. The molecule has 1 heterocycles. The molecule has 3 nitrogen and oxygen atoms in total. The molecule has 0 bridgehead atoms. The zero-order chi connectivity index (χ0) is 10.7. The summed E-state index contributed by atoms with van der Waals surface area (Å²) in [7, 11) is 1.66. The standard InChI is InChI=1S/C12H14N2O/c1-15-12-4-2-9(3-5-12)10-6-11(7-13)14-8-10/h2-6,8,14H,7,13H2,1H3. The summed E-state index contributed by atoms with van der Waals surface area (Å²) < 4.78 is 5.10. The van der Waals surface area contributed by atoms with Crippen molar-refractivity contribution in [3.63, 3.8) is 0 Å². The molecule has 0 aliphatic rings. The van der Waals surface area contributed by atoms with Crippen LogP contribution in [-0.2, 0) is 6.54 Å². The van der Waals surface area contributed by atoms with Crippen LogP contribution in [0, 0.1) is 0 Å². The van der Waals surface area contributed by atoms with Gasteiger partial charge in [-0.3, -0.25) is 0 Å². The van der Waals surface area contributed by atoms with Gasteiger partial charge in [0.1, 0.15) is 5.75 Å². The number of benzene rings is 1. The molecule has 2 aromatic rings. The Bertz CT molecular complexity index is 431. The van der Waals surface area contributed by atoms with E-state index < -0.39 is 0 Å². The van der Waals surface area contributed by atoms with E-state index in [0.717, 1.165) is 22.6 Å². The summed E-state index contributed by atoms with van der Waals surface area (Å²) in [6.07, 6.45) is 1.96. The van der Waals surface area contributed by atoms with E-state index in [1.54, 1.807) is 7.11 Å². The Balaban J connectivity index is 2.28. The van der Waals surface area contributed by atoms with Crippen molar-refractivity contribution in [1.82, 2.24) is 4.98 Å². The normalized spacial score (nSPS) is 10.3. The smallest absolute Gasteiger partial charge is 0.118 e. The van der Waals surface area contributed by atoms with Gasteiger partial charge in [0.15, 0.2) is 0 Å². The van der Waals surface area contributed by atoms with Crippen molar-refractivity contribution in [2.75, 3.05) is 7.11 Å². The number of hydrogen-bond donors (Lipinski definition) is 2. The Morgan fingerprint density at radius 3 is 2.47 bits per heavy atom. The van der Waals surface area contributed by atoms with E-state index >= 15 is 0 Å². The van der Waals surface area contributed by atoms with Crippen LogP contribution < -0.4 is 10.5 Å². The minimum Gasteiger partial charge on any atom is -0.497 e. The molecule has 0 saturated carbocycles. The lowest BCUT2D eigenvalue weighted by Crippen LogP contribution is -1.94. The summed E-state index contributed by atoms with van der Waals surface area (Å²) in [5.74, 6) is 0.869. The number of aromatic amines is 1. The molecule has 1 aromatic heterocycles. The van der Waals surface area contributed by atoms with Crippen molar-refractivity contribution in [2.24, 2.45) is 5.73 Å². The van der Waals surface area contributed by atoms with Gasteiger partial charge in [-0.05, 0) is 29.3 Å². The molecular weight excluding hydrogens is 188 g/mol. The third-order valence-electron chi connectivity index (χ3n) is 2.39. The van der Waals surface area contributed by atoms with E-state index in [0.29, 0.717) is 6.54 Å². The molecule has 2 rings (SSSR count). The van der Waals surface area contributed by atoms with Crippen LogP contribution in [0.2, 0.25) is 0 Å². The van der Waals surface area contributed by atoms with Crippen LogP contribution >= 0.6 is 0 Å². The largest absolute Gasteiger partial charge is 0.497 e. The molecule has 15 heavy (non-hydrogen) atoms. The maximum absolute atomic E-state index is 5.54. The SMILES string of the molecule is COc1ccc(-c2c[nH]c(CN)c2)cc1. The number of H-pyrrole nitrogens is 1. The molecule has 0 unspecified atom stereocenters. The maximum Gasteiger partial charge on any atom is 0.118 e. The summed E-state index contributed by atoms with van der Waals surface area (Å²) >= 11 is 0. The van der Waals surface area contributed by atoms with Gasteiger partial charge in [-0.2, -0.15) is 0 Å². The third-order valence-corrected chi connectivity index (χ3v) is 2.39. The molecule has 0 saturated heterocycles. The van der Waals surface area contributed by atoms with E-state index in [1.165, 1.54) is 0 Å². The van der Waals surface area contributed by atoms with Gasteiger partial charge in [-0.15, -0.1) is 0 Å². The van der Waals surface area contributed by atoms with Crippen molar-refractivity contribution in [2.45, 2.75) is 6.54 Å². The van der Waals surface area contributed by atoms with Crippen LogP contribution in [0.15, 0.2) is 36.5 Å². The van der Waals surface area contributed by atoms with Gasteiger partial charge < -0.3 is 15.5 Å². The Labute approximate surface area is 88.9 Å². The van der Waals surface area contributed by atoms with Crippen LogP contribution in [0.4, 0.5) is 0 Å². The first-order chi connectivity index (χ1) is 7.33. The van der Waals surface area contributed by atoms with E-state index in [2.05, 4.69) is 11.1 Å². The fraction of sp³-hybridized carbons (Fsp3) is 0.167. The molecule has 0 aliphatic carbocycles. The fourth-order valence-electron chi connectivity index (χ4n) is 1.51. The van der Waals surface area contributed by atoms with Gasteiger partial charge in [0.25, 0.3) is 0 Å². The number of methoxy groups -OCH3 is 1. The second-order valence-corrected chi connectivity index (χ2v) is 3.35.